The van der Waals surface area contributed by atoms with Crippen molar-refractivity contribution in [2.24, 2.45) is 5.92 Å². The molecule has 2 atom stereocenters. The van der Waals surface area contributed by atoms with Gasteiger partial charge in [-0.25, -0.2) is 0 Å². The van der Waals surface area contributed by atoms with E-state index in [1.807, 2.05) is 12.1 Å². The van der Waals surface area contributed by atoms with E-state index in [1.54, 1.807) is 12.1 Å². The van der Waals surface area contributed by atoms with Gasteiger partial charge in [0.2, 0.25) is 0 Å². The average molecular weight is 261 g/mol. The van der Waals surface area contributed by atoms with Crippen molar-refractivity contribution in [3.05, 3.63) is 29.8 Å². The molecule has 19 heavy (non-hydrogen) atoms. The molecule has 2 unspecified atom stereocenters. The summed E-state index contributed by atoms with van der Waals surface area (Å²) >= 11 is 0. The third-order valence-electron chi connectivity index (χ3n) is 4.46. The first-order valence-electron chi connectivity index (χ1n) is 7.69. The van der Waals surface area contributed by atoms with E-state index >= 15 is 0 Å². The molecule has 1 saturated carbocycles. The summed E-state index contributed by atoms with van der Waals surface area (Å²) in [6, 6.07) is 8.79. The van der Waals surface area contributed by atoms with Gasteiger partial charge in [-0.05, 0) is 63.1 Å². The molecular formula is C17H27NO. The number of rotatable bonds is 6. The molecule has 1 aliphatic carbocycles. The first kappa shape index (κ1) is 14.4. The van der Waals surface area contributed by atoms with Crippen molar-refractivity contribution in [2.45, 2.75) is 64.5 Å². The third kappa shape index (κ3) is 4.54. The summed E-state index contributed by atoms with van der Waals surface area (Å²) in [4.78, 5) is 0. The molecule has 0 aromatic heterocycles. The van der Waals surface area contributed by atoms with E-state index in [0.717, 1.165) is 18.8 Å². The molecule has 2 nitrogen and oxygen atoms in total. The Labute approximate surface area is 117 Å². The van der Waals surface area contributed by atoms with Gasteiger partial charge < -0.3 is 10.4 Å². The van der Waals surface area contributed by atoms with E-state index in [0.29, 0.717) is 17.8 Å². The molecule has 0 saturated heterocycles. The van der Waals surface area contributed by atoms with Crippen LogP contribution in [-0.4, -0.2) is 17.2 Å². The predicted molar refractivity (Wildman–Crippen MR) is 80.4 cm³/mol. The smallest absolute Gasteiger partial charge is 0.115 e. The Balaban J connectivity index is 1.71. The van der Waals surface area contributed by atoms with E-state index < -0.39 is 0 Å². The van der Waals surface area contributed by atoms with Crippen LogP contribution in [0.4, 0.5) is 0 Å². The molecule has 1 aromatic rings. The van der Waals surface area contributed by atoms with Gasteiger partial charge in [-0.2, -0.15) is 0 Å². The van der Waals surface area contributed by atoms with Gasteiger partial charge in [0.05, 0.1) is 0 Å². The van der Waals surface area contributed by atoms with Crippen molar-refractivity contribution >= 4 is 0 Å². The summed E-state index contributed by atoms with van der Waals surface area (Å²) in [6.07, 6.45) is 7.86. The van der Waals surface area contributed by atoms with Crippen molar-refractivity contribution in [1.82, 2.24) is 5.32 Å². The largest absolute Gasteiger partial charge is 0.508 e. The second-order valence-electron chi connectivity index (χ2n) is 6.11. The number of aromatic hydroxyl groups is 1. The maximum Gasteiger partial charge on any atom is 0.115 e. The number of hydrogen-bond acceptors (Lipinski definition) is 2. The Hall–Kier alpha value is -1.02. The van der Waals surface area contributed by atoms with E-state index in [9.17, 15) is 5.11 Å². The van der Waals surface area contributed by atoms with Crippen LogP contribution >= 0.6 is 0 Å². The van der Waals surface area contributed by atoms with Crippen molar-refractivity contribution in [3.63, 3.8) is 0 Å². The number of hydrogen-bond donors (Lipinski definition) is 2. The Morgan fingerprint density at radius 1 is 1.16 bits per heavy atom. The number of phenols is 1. The van der Waals surface area contributed by atoms with Crippen LogP contribution in [0.2, 0.25) is 0 Å². The maximum atomic E-state index is 9.26. The average Bonchev–Trinajstić information content (AvgIpc) is 2.92. The van der Waals surface area contributed by atoms with Crippen LogP contribution in [0.15, 0.2) is 24.3 Å². The van der Waals surface area contributed by atoms with Crippen LogP contribution in [0, 0.1) is 5.92 Å². The monoisotopic (exact) mass is 261 g/mol. The summed E-state index contributed by atoms with van der Waals surface area (Å²) in [6.45, 7) is 4.62. The highest BCUT2D eigenvalue weighted by molar-refractivity contribution is 5.25. The lowest BCUT2D eigenvalue weighted by molar-refractivity contribution is 0.341. The molecular weight excluding hydrogens is 234 g/mol. The van der Waals surface area contributed by atoms with E-state index in [4.69, 9.17) is 0 Å². The molecule has 2 rings (SSSR count). The Morgan fingerprint density at radius 3 is 2.42 bits per heavy atom. The molecule has 106 valence electrons. The minimum atomic E-state index is 0.352. The van der Waals surface area contributed by atoms with E-state index in [-0.39, 0.29) is 0 Å². The van der Waals surface area contributed by atoms with E-state index in [2.05, 4.69) is 19.2 Å². The summed E-state index contributed by atoms with van der Waals surface area (Å²) in [7, 11) is 0. The van der Waals surface area contributed by atoms with Crippen molar-refractivity contribution < 1.29 is 5.11 Å². The molecule has 0 bridgehead atoms. The zero-order valence-electron chi connectivity index (χ0n) is 12.2. The van der Waals surface area contributed by atoms with Crippen LogP contribution in [0.5, 0.6) is 5.75 Å². The first-order chi connectivity index (χ1) is 9.15. The highest BCUT2D eigenvalue weighted by atomic mass is 16.3. The number of benzene rings is 1. The maximum absolute atomic E-state index is 9.26. The fourth-order valence-electron chi connectivity index (χ4n) is 3.17. The molecule has 2 heteroatoms. The standard InChI is InChI=1S/C17H27NO/c1-13(18-14(2)16-5-3-4-6-16)7-8-15-9-11-17(19)12-10-15/h9-14,16,18-19H,3-8H2,1-2H3. The molecule has 1 fully saturated rings. The second-order valence-corrected chi connectivity index (χ2v) is 6.11. The Morgan fingerprint density at radius 2 is 1.79 bits per heavy atom. The molecule has 1 aromatic carbocycles. The highest BCUT2D eigenvalue weighted by Crippen LogP contribution is 2.27. The summed E-state index contributed by atoms with van der Waals surface area (Å²) < 4.78 is 0. The van der Waals surface area contributed by atoms with Crippen LogP contribution < -0.4 is 5.32 Å². The highest BCUT2D eigenvalue weighted by Gasteiger charge is 2.22. The van der Waals surface area contributed by atoms with Crippen LogP contribution in [0.1, 0.15) is 51.5 Å². The van der Waals surface area contributed by atoms with E-state index in [1.165, 1.54) is 31.2 Å². The van der Waals surface area contributed by atoms with Gasteiger partial charge in [0.25, 0.3) is 0 Å². The lowest BCUT2D eigenvalue weighted by Crippen LogP contribution is -2.38. The van der Waals surface area contributed by atoms with Gasteiger partial charge in [-0.15, -0.1) is 0 Å². The topological polar surface area (TPSA) is 32.3 Å². The van der Waals surface area contributed by atoms with Crippen LogP contribution in [0.3, 0.4) is 0 Å². The molecule has 0 amide bonds. The fraction of sp³-hybridized carbons (Fsp3) is 0.647. The first-order valence-corrected chi connectivity index (χ1v) is 7.69. The molecule has 1 aliphatic rings. The van der Waals surface area contributed by atoms with Gasteiger partial charge in [-0.3, -0.25) is 0 Å². The second kappa shape index (κ2) is 6.95. The zero-order chi connectivity index (χ0) is 13.7. The fourth-order valence-corrected chi connectivity index (χ4v) is 3.17. The van der Waals surface area contributed by atoms with Crippen molar-refractivity contribution in [2.75, 3.05) is 0 Å². The lowest BCUT2D eigenvalue weighted by atomic mass is 9.98. The van der Waals surface area contributed by atoms with Gasteiger partial charge >= 0.3 is 0 Å². The molecule has 2 N–H and O–H groups in total. The lowest BCUT2D eigenvalue weighted by Gasteiger charge is -2.25. The third-order valence-corrected chi connectivity index (χ3v) is 4.46. The molecule has 0 spiro atoms. The SMILES string of the molecule is CC(CCc1ccc(O)cc1)NC(C)C1CCCC1. The zero-order valence-corrected chi connectivity index (χ0v) is 12.2. The summed E-state index contributed by atoms with van der Waals surface area (Å²) in [5.74, 6) is 1.24. The van der Waals surface area contributed by atoms with Crippen molar-refractivity contribution in [3.8, 4) is 5.75 Å². The number of nitrogens with one attached hydrogen (secondary N) is 1. The minimum absolute atomic E-state index is 0.352. The quantitative estimate of drug-likeness (QED) is 0.814. The van der Waals surface area contributed by atoms with Crippen LogP contribution in [-0.2, 0) is 6.42 Å². The summed E-state index contributed by atoms with van der Waals surface area (Å²) in [5, 5.41) is 13.0. The molecule has 0 radical (unpaired) electrons. The predicted octanol–water partition coefficient (Wildman–Crippen LogP) is 3.88. The molecule has 0 heterocycles. The van der Waals surface area contributed by atoms with Gasteiger partial charge in [0.15, 0.2) is 0 Å². The van der Waals surface area contributed by atoms with Gasteiger partial charge in [0.1, 0.15) is 5.75 Å². The Kier molecular flexibility index (Phi) is 5.26. The Bertz CT molecular complexity index is 367. The normalized spacial score (nSPS) is 19.5. The molecule has 0 aliphatic heterocycles. The van der Waals surface area contributed by atoms with Crippen molar-refractivity contribution in [1.29, 1.82) is 0 Å². The number of phenolic OH excluding ortho intramolecular Hbond substituents is 1. The van der Waals surface area contributed by atoms with Gasteiger partial charge in [0, 0.05) is 12.1 Å². The minimum Gasteiger partial charge on any atom is -0.508 e. The summed E-state index contributed by atoms with van der Waals surface area (Å²) in [5.41, 5.74) is 1.31. The van der Waals surface area contributed by atoms with Gasteiger partial charge in [-0.1, -0.05) is 25.0 Å². The van der Waals surface area contributed by atoms with Crippen LogP contribution in [0.25, 0.3) is 0 Å². The number of aryl methyl sites for hydroxylation is 1.